The first-order valence-electron chi connectivity index (χ1n) is 7.71. The number of amides is 1. The molecule has 0 radical (unpaired) electrons. The van der Waals surface area contributed by atoms with Crippen molar-refractivity contribution in [2.75, 3.05) is 13.7 Å². The van der Waals surface area contributed by atoms with Crippen LogP contribution < -0.4 is 10.5 Å². The second kappa shape index (κ2) is 6.81. The predicted molar refractivity (Wildman–Crippen MR) is 88.6 cm³/mol. The molecule has 0 spiro atoms. The molecule has 1 aliphatic heterocycles. The van der Waals surface area contributed by atoms with Gasteiger partial charge in [0.05, 0.1) is 13.3 Å². The Bertz CT molecular complexity index is 675. The minimum Gasteiger partial charge on any atom is -0.497 e. The molecule has 3 rings (SSSR count). The highest BCUT2D eigenvalue weighted by molar-refractivity contribution is 5.94. The van der Waals surface area contributed by atoms with E-state index in [1.807, 2.05) is 59.6 Å². The highest BCUT2D eigenvalue weighted by Crippen LogP contribution is 2.22. The van der Waals surface area contributed by atoms with Gasteiger partial charge in [0.25, 0.3) is 5.91 Å². The summed E-state index contributed by atoms with van der Waals surface area (Å²) in [5.41, 5.74) is 7.90. The topological polar surface area (TPSA) is 58.8 Å². The normalized spacial score (nSPS) is 18.2. The van der Waals surface area contributed by atoms with Crippen LogP contribution in [0.15, 0.2) is 54.6 Å². The lowest BCUT2D eigenvalue weighted by Crippen LogP contribution is -2.48. The zero-order chi connectivity index (χ0) is 16.2. The zero-order valence-corrected chi connectivity index (χ0v) is 13.2. The summed E-state index contributed by atoms with van der Waals surface area (Å²) in [4.78, 5) is 12.8. The summed E-state index contributed by atoms with van der Waals surface area (Å²) in [6.07, 6.45) is 0.482. The van der Waals surface area contributed by atoms with E-state index in [9.17, 15) is 4.79 Å². The van der Waals surface area contributed by atoms with Crippen molar-refractivity contribution in [1.82, 2.24) is 10.0 Å². The Kier molecular flexibility index (Phi) is 4.60. The summed E-state index contributed by atoms with van der Waals surface area (Å²) in [7, 11) is 1.65. The number of ether oxygens (including phenoxy) is 1. The first-order chi connectivity index (χ1) is 11.2. The third-order valence-corrected chi connectivity index (χ3v) is 4.03. The number of methoxy groups -OCH3 is 1. The minimum atomic E-state index is -0.284. The summed E-state index contributed by atoms with van der Waals surface area (Å²) in [6.45, 7) is 1.39. The van der Waals surface area contributed by atoms with Gasteiger partial charge in [0, 0.05) is 18.7 Å². The standard InChI is InChI=1S/C18H21N3O2/c1-23-16-9-5-6-14(12-16)13-20-11-10-17(19)21(20)18(22)15-7-3-2-4-8-15/h2-9,12,17H,10-11,13,19H2,1H3. The summed E-state index contributed by atoms with van der Waals surface area (Å²) in [5, 5.41) is 3.68. The van der Waals surface area contributed by atoms with E-state index in [1.54, 1.807) is 12.1 Å². The Balaban J connectivity index is 1.79. The molecule has 1 amide bonds. The fourth-order valence-electron chi connectivity index (χ4n) is 2.85. The van der Waals surface area contributed by atoms with Crippen LogP contribution in [0.2, 0.25) is 0 Å². The summed E-state index contributed by atoms with van der Waals surface area (Å²) < 4.78 is 5.26. The number of hydrazine groups is 1. The van der Waals surface area contributed by atoms with Crippen molar-refractivity contribution in [1.29, 1.82) is 0 Å². The van der Waals surface area contributed by atoms with Crippen molar-refractivity contribution in [3.8, 4) is 5.75 Å². The lowest BCUT2D eigenvalue weighted by Gasteiger charge is -2.30. The van der Waals surface area contributed by atoms with Crippen LogP contribution >= 0.6 is 0 Å². The maximum atomic E-state index is 12.8. The van der Waals surface area contributed by atoms with Crippen molar-refractivity contribution in [2.24, 2.45) is 5.73 Å². The van der Waals surface area contributed by atoms with Crippen LogP contribution in [0, 0.1) is 0 Å². The monoisotopic (exact) mass is 311 g/mol. The zero-order valence-electron chi connectivity index (χ0n) is 13.2. The van der Waals surface area contributed by atoms with Gasteiger partial charge in [-0.2, -0.15) is 0 Å². The van der Waals surface area contributed by atoms with E-state index in [-0.39, 0.29) is 12.1 Å². The fraction of sp³-hybridized carbons (Fsp3) is 0.278. The van der Waals surface area contributed by atoms with Gasteiger partial charge in [0.15, 0.2) is 0 Å². The van der Waals surface area contributed by atoms with Gasteiger partial charge in [0.2, 0.25) is 0 Å². The Morgan fingerprint density at radius 3 is 2.74 bits per heavy atom. The molecule has 2 N–H and O–H groups in total. The second-order valence-corrected chi connectivity index (χ2v) is 5.61. The number of rotatable bonds is 4. The molecule has 0 aliphatic carbocycles. The molecule has 1 heterocycles. The average molecular weight is 311 g/mol. The van der Waals surface area contributed by atoms with Crippen LogP contribution in [0.5, 0.6) is 5.75 Å². The Hall–Kier alpha value is -2.37. The van der Waals surface area contributed by atoms with E-state index < -0.39 is 0 Å². The fourth-order valence-corrected chi connectivity index (χ4v) is 2.85. The SMILES string of the molecule is COc1cccc(CN2CCC(N)N2C(=O)c2ccccc2)c1. The van der Waals surface area contributed by atoms with Crippen molar-refractivity contribution in [2.45, 2.75) is 19.1 Å². The van der Waals surface area contributed by atoms with E-state index in [0.29, 0.717) is 12.1 Å². The van der Waals surface area contributed by atoms with Crippen LogP contribution in [0.25, 0.3) is 0 Å². The van der Waals surface area contributed by atoms with Gasteiger partial charge in [-0.1, -0.05) is 30.3 Å². The number of hydrogen-bond acceptors (Lipinski definition) is 4. The summed E-state index contributed by atoms with van der Waals surface area (Å²) in [5.74, 6) is 0.755. The molecule has 0 saturated carbocycles. The maximum absolute atomic E-state index is 12.8. The van der Waals surface area contributed by atoms with E-state index in [4.69, 9.17) is 10.5 Å². The number of nitrogens with zero attached hydrogens (tertiary/aromatic N) is 2. The van der Waals surface area contributed by atoms with Gasteiger partial charge in [0.1, 0.15) is 5.75 Å². The Labute approximate surface area is 136 Å². The van der Waals surface area contributed by atoms with Crippen LogP contribution in [-0.2, 0) is 6.54 Å². The predicted octanol–water partition coefficient (Wildman–Crippen LogP) is 2.24. The molecule has 5 nitrogen and oxygen atoms in total. The Morgan fingerprint density at radius 1 is 1.22 bits per heavy atom. The van der Waals surface area contributed by atoms with E-state index >= 15 is 0 Å². The summed E-state index contributed by atoms with van der Waals surface area (Å²) in [6, 6.07) is 17.1. The molecule has 0 bridgehead atoms. The maximum Gasteiger partial charge on any atom is 0.269 e. The molecule has 1 saturated heterocycles. The molecule has 1 fully saturated rings. The van der Waals surface area contributed by atoms with Crippen LogP contribution in [0.4, 0.5) is 0 Å². The lowest BCUT2D eigenvalue weighted by molar-refractivity contribution is 0.000835. The smallest absolute Gasteiger partial charge is 0.269 e. The van der Waals surface area contributed by atoms with Gasteiger partial charge >= 0.3 is 0 Å². The number of carbonyl (C=O) groups is 1. The van der Waals surface area contributed by atoms with E-state index in [0.717, 1.165) is 24.3 Å². The molecule has 5 heteroatoms. The highest BCUT2D eigenvalue weighted by Gasteiger charge is 2.33. The van der Waals surface area contributed by atoms with Gasteiger partial charge < -0.3 is 10.5 Å². The molecular weight excluding hydrogens is 290 g/mol. The van der Waals surface area contributed by atoms with Crippen molar-refractivity contribution < 1.29 is 9.53 Å². The molecule has 2 aromatic carbocycles. The van der Waals surface area contributed by atoms with E-state index in [1.165, 1.54) is 0 Å². The van der Waals surface area contributed by atoms with Crippen LogP contribution in [0.3, 0.4) is 0 Å². The van der Waals surface area contributed by atoms with Gasteiger partial charge in [-0.25, -0.2) is 5.01 Å². The Morgan fingerprint density at radius 2 is 2.00 bits per heavy atom. The molecular formula is C18H21N3O2. The number of carbonyl (C=O) groups excluding carboxylic acids is 1. The molecule has 23 heavy (non-hydrogen) atoms. The third kappa shape index (κ3) is 3.36. The van der Waals surface area contributed by atoms with Crippen molar-refractivity contribution in [3.05, 3.63) is 65.7 Å². The van der Waals surface area contributed by atoms with E-state index in [2.05, 4.69) is 0 Å². The molecule has 1 atom stereocenters. The quantitative estimate of drug-likeness (QED) is 0.941. The van der Waals surface area contributed by atoms with Crippen molar-refractivity contribution >= 4 is 5.91 Å². The molecule has 1 aliphatic rings. The number of hydrogen-bond donors (Lipinski definition) is 1. The second-order valence-electron chi connectivity index (χ2n) is 5.61. The molecule has 120 valence electrons. The molecule has 1 unspecified atom stereocenters. The minimum absolute atomic E-state index is 0.0569. The summed E-state index contributed by atoms with van der Waals surface area (Å²) >= 11 is 0. The van der Waals surface area contributed by atoms with Crippen LogP contribution in [-0.4, -0.2) is 35.7 Å². The average Bonchev–Trinajstić information content (AvgIpc) is 2.95. The van der Waals surface area contributed by atoms with Crippen LogP contribution in [0.1, 0.15) is 22.3 Å². The lowest BCUT2D eigenvalue weighted by atomic mass is 10.2. The van der Waals surface area contributed by atoms with Gasteiger partial charge in [-0.05, 0) is 36.2 Å². The molecule has 0 aromatic heterocycles. The largest absolute Gasteiger partial charge is 0.497 e. The molecule has 2 aromatic rings. The van der Waals surface area contributed by atoms with Gasteiger partial charge in [-0.3, -0.25) is 9.80 Å². The highest BCUT2D eigenvalue weighted by atomic mass is 16.5. The number of nitrogens with two attached hydrogens (primary N) is 1. The number of benzene rings is 2. The first kappa shape index (κ1) is 15.5. The third-order valence-electron chi connectivity index (χ3n) is 4.03. The van der Waals surface area contributed by atoms with Gasteiger partial charge in [-0.15, -0.1) is 0 Å². The first-order valence-corrected chi connectivity index (χ1v) is 7.71. The van der Waals surface area contributed by atoms with Crippen molar-refractivity contribution in [3.63, 3.8) is 0 Å².